The van der Waals surface area contributed by atoms with Crippen LogP contribution in [-0.2, 0) is 4.79 Å². The van der Waals surface area contributed by atoms with E-state index in [0.29, 0.717) is 29.7 Å². The third-order valence-corrected chi connectivity index (χ3v) is 7.13. The number of aromatic nitrogens is 1. The number of carbonyl (C=O) groups excluding carboxylic acids is 1. The van der Waals surface area contributed by atoms with Crippen LogP contribution in [0.25, 0.3) is 0 Å². The number of ether oxygens (including phenoxy) is 1. The number of piperazine rings is 1. The Morgan fingerprint density at radius 3 is 2.63 bits per heavy atom. The molecule has 2 heterocycles. The number of aliphatic imine (C=N–C) groups is 1. The fraction of sp³-hybridized carbons (Fsp3) is 0.500. The Kier molecular flexibility index (Phi) is 8.14. The molecular formula is C28H35N5O2. The van der Waals surface area contributed by atoms with Crippen LogP contribution in [0.5, 0.6) is 5.75 Å². The molecule has 1 aromatic heterocycles. The van der Waals surface area contributed by atoms with Crippen molar-refractivity contribution in [1.82, 2.24) is 14.8 Å². The lowest BCUT2D eigenvalue weighted by atomic mass is 9.95. The van der Waals surface area contributed by atoms with Crippen LogP contribution < -0.4 is 4.74 Å². The number of pyridine rings is 1. The number of hydrogen-bond acceptors (Lipinski definition) is 5. The lowest BCUT2D eigenvalue weighted by molar-refractivity contribution is -0.106. The van der Waals surface area contributed by atoms with E-state index < -0.39 is 0 Å². The first kappa shape index (κ1) is 24.9. The maximum atomic E-state index is 11.4. The number of nitrogens with zero attached hydrogens (tertiary/aromatic N) is 5. The Hall–Kier alpha value is -3.24. The number of benzene rings is 1. The summed E-state index contributed by atoms with van der Waals surface area (Å²) in [6.07, 6.45) is 5.13. The van der Waals surface area contributed by atoms with Crippen LogP contribution in [0.15, 0.2) is 47.5 Å². The summed E-state index contributed by atoms with van der Waals surface area (Å²) >= 11 is 0. The third-order valence-electron chi connectivity index (χ3n) is 7.13. The van der Waals surface area contributed by atoms with Crippen LogP contribution in [0, 0.1) is 17.2 Å². The number of carbonyl (C=O) groups is 1. The van der Waals surface area contributed by atoms with Crippen LogP contribution in [-0.4, -0.2) is 58.8 Å². The maximum absolute atomic E-state index is 11.4. The van der Waals surface area contributed by atoms with Gasteiger partial charge in [0, 0.05) is 31.2 Å². The number of nitriles is 1. The normalized spacial score (nSPS) is 21.9. The summed E-state index contributed by atoms with van der Waals surface area (Å²) in [7, 11) is 0. The molecule has 1 aliphatic heterocycles. The molecular weight excluding hydrogens is 438 g/mol. The van der Waals surface area contributed by atoms with Crippen LogP contribution in [0.2, 0.25) is 0 Å². The highest BCUT2D eigenvalue weighted by atomic mass is 16.5. The van der Waals surface area contributed by atoms with Gasteiger partial charge >= 0.3 is 0 Å². The molecule has 1 saturated carbocycles. The molecule has 1 aliphatic carbocycles. The molecule has 35 heavy (non-hydrogen) atoms. The highest BCUT2D eigenvalue weighted by Crippen LogP contribution is 2.33. The highest BCUT2D eigenvalue weighted by molar-refractivity contribution is 6.00. The molecule has 4 rings (SSSR count). The van der Waals surface area contributed by atoms with E-state index in [1.165, 1.54) is 18.4 Å². The van der Waals surface area contributed by atoms with Crippen molar-refractivity contribution in [2.75, 3.05) is 19.7 Å². The van der Waals surface area contributed by atoms with Crippen LogP contribution >= 0.6 is 0 Å². The minimum absolute atomic E-state index is 0.124. The fourth-order valence-corrected chi connectivity index (χ4v) is 5.01. The van der Waals surface area contributed by atoms with E-state index in [4.69, 9.17) is 4.74 Å². The standard InChI is InChI=1S/C28H35N5O2/c1-4-24-17-32(28(30-19-34)26-8-6-7-23(15-29)31-26)20(3)16-33(24)27(5-2)22-11-13-25(14-12-22)35-18-21-9-10-21/h6-8,11-14,19-21,24,27H,4-5,9-10,16-18H2,1-3H3/b30-28+/t20-,24+,27?/m0/s1. The van der Waals surface area contributed by atoms with Gasteiger partial charge in [0.05, 0.1) is 6.61 Å². The van der Waals surface area contributed by atoms with Gasteiger partial charge in [-0.15, -0.1) is 0 Å². The van der Waals surface area contributed by atoms with E-state index in [2.05, 4.69) is 70.9 Å². The molecule has 0 N–H and O–H groups in total. The van der Waals surface area contributed by atoms with Crippen molar-refractivity contribution in [2.24, 2.45) is 10.9 Å². The molecule has 1 amide bonds. The number of amides is 1. The van der Waals surface area contributed by atoms with Gasteiger partial charge in [0.2, 0.25) is 6.41 Å². The molecule has 7 heteroatoms. The quantitative estimate of drug-likeness (QED) is 0.301. The molecule has 2 fully saturated rings. The zero-order valence-electron chi connectivity index (χ0n) is 20.9. The second kappa shape index (κ2) is 11.5. The molecule has 0 radical (unpaired) electrons. The SMILES string of the molecule is CCC(c1ccc(OCC2CC2)cc1)N1C[C@H](C)N(/C(=N/C=O)c2cccc(C#N)n2)C[C@H]1CC. The van der Waals surface area contributed by atoms with Crippen molar-refractivity contribution < 1.29 is 9.53 Å². The average Bonchev–Trinajstić information content (AvgIpc) is 3.72. The van der Waals surface area contributed by atoms with Gasteiger partial charge in [-0.25, -0.2) is 4.98 Å². The van der Waals surface area contributed by atoms with Gasteiger partial charge < -0.3 is 9.64 Å². The maximum Gasteiger partial charge on any atom is 0.234 e. The smallest absolute Gasteiger partial charge is 0.234 e. The average molecular weight is 474 g/mol. The van der Waals surface area contributed by atoms with Gasteiger partial charge in [-0.05, 0) is 68.4 Å². The van der Waals surface area contributed by atoms with E-state index in [9.17, 15) is 10.1 Å². The Balaban J connectivity index is 1.53. The second-order valence-corrected chi connectivity index (χ2v) is 9.59. The zero-order valence-corrected chi connectivity index (χ0v) is 20.9. The number of amidine groups is 1. The molecule has 7 nitrogen and oxygen atoms in total. The summed E-state index contributed by atoms with van der Waals surface area (Å²) in [6, 6.07) is 16.7. The topological polar surface area (TPSA) is 81.8 Å². The lowest BCUT2D eigenvalue weighted by Gasteiger charge is -2.49. The summed E-state index contributed by atoms with van der Waals surface area (Å²) in [6.45, 7) is 9.01. The second-order valence-electron chi connectivity index (χ2n) is 9.59. The van der Waals surface area contributed by atoms with E-state index >= 15 is 0 Å². The van der Waals surface area contributed by atoms with Gasteiger partial charge in [0.25, 0.3) is 0 Å². The molecule has 3 atom stereocenters. The minimum atomic E-state index is 0.124. The molecule has 2 aromatic rings. The molecule has 1 unspecified atom stereocenters. The molecule has 1 aromatic carbocycles. The monoisotopic (exact) mass is 473 g/mol. The number of rotatable bonds is 9. The van der Waals surface area contributed by atoms with Crippen molar-refractivity contribution in [2.45, 2.75) is 64.6 Å². The van der Waals surface area contributed by atoms with Crippen molar-refractivity contribution in [3.05, 3.63) is 59.4 Å². The number of hydrogen-bond donors (Lipinski definition) is 0. The molecule has 184 valence electrons. The van der Waals surface area contributed by atoms with Gasteiger partial charge in [-0.1, -0.05) is 32.0 Å². The van der Waals surface area contributed by atoms with Crippen LogP contribution in [0.1, 0.15) is 69.4 Å². The van der Waals surface area contributed by atoms with E-state index in [-0.39, 0.29) is 12.1 Å². The van der Waals surface area contributed by atoms with Gasteiger partial charge in [0.1, 0.15) is 23.2 Å². The predicted molar refractivity (Wildman–Crippen MR) is 136 cm³/mol. The van der Waals surface area contributed by atoms with Gasteiger partial charge in [0.15, 0.2) is 5.84 Å². The van der Waals surface area contributed by atoms with Crippen molar-refractivity contribution in [3.8, 4) is 11.8 Å². The van der Waals surface area contributed by atoms with Crippen molar-refractivity contribution >= 4 is 12.2 Å². The zero-order chi connectivity index (χ0) is 24.8. The molecule has 0 bridgehead atoms. The Labute approximate surface area is 208 Å². The first-order valence-corrected chi connectivity index (χ1v) is 12.7. The van der Waals surface area contributed by atoms with Crippen LogP contribution in [0.4, 0.5) is 0 Å². The Morgan fingerprint density at radius 1 is 1.23 bits per heavy atom. The highest BCUT2D eigenvalue weighted by Gasteiger charge is 2.36. The summed E-state index contributed by atoms with van der Waals surface area (Å²) in [5.41, 5.74) is 2.17. The van der Waals surface area contributed by atoms with Gasteiger partial charge in [-0.2, -0.15) is 10.3 Å². The summed E-state index contributed by atoms with van der Waals surface area (Å²) in [5.74, 6) is 2.22. The van der Waals surface area contributed by atoms with E-state index in [1.54, 1.807) is 12.1 Å². The first-order chi connectivity index (χ1) is 17.1. The summed E-state index contributed by atoms with van der Waals surface area (Å²) in [5, 5.41) is 9.27. The third kappa shape index (κ3) is 5.88. The summed E-state index contributed by atoms with van der Waals surface area (Å²) in [4.78, 5) is 24.8. The largest absolute Gasteiger partial charge is 0.493 e. The molecule has 0 spiro atoms. The lowest BCUT2D eigenvalue weighted by Crippen LogP contribution is -2.59. The predicted octanol–water partition coefficient (Wildman–Crippen LogP) is 4.58. The van der Waals surface area contributed by atoms with Gasteiger partial charge in [-0.3, -0.25) is 9.69 Å². The summed E-state index contributed by atoms with van der Waals surface area (Å²) < 4.78 is 5.94. The van der Waals surface area contributed by atoms with E-state index in [0.717, 1.165) is 44.2 Å². The Bertz CT molecular complexity index is 1070. The van der Waals surface area contributed by atoms with Crippen molar-refractivity contribution in [3.63, 3.8) is 0 Å². The molecule has 2 aliphatic rings. The van der Waals surface area contributed by atoms with Crippen LogP contribution in [0.3, 0.4) is 0 Å². The first-order valence-electron chi connectivity index (χ1n) is 12.7. The Morgan fingerprint density at radius 2 is 2.00 bits per heavy atom. The minimum Gasteiger partial charge on any atom is -0.493 e. The molecule has 1 saturated heterocycles. The fourth-order valence-electron chi connectivity index (χ4n) is 5.01. The van der Waals surface area contributed by atoms with Crippen molar-refractivity contribution in [1.29, 1.82) is 5.26 Å². The van der Waals surface area contributed by atoms with E-state index in [1.807, 2.05) is 6.07 Å².